The number of aromatic nitrogens is 2. The van der Waals surface area contributed by atoms with Gasteiger partial charge in [-0.1, -0.05) is 23.7 Å². The molecule has 1 heterocycles. The van der Waals surface area contributed by atoms with Gasteiger partial charge in [0.25, 0.3) is 0 Å². The van der Waals surface area contributed by atoms with Crippen molar-refractivity contribution in [1.29, 1.82) is 0 Å². The lowest BCUT2D eigenvalue weighted by molar-refractivity contribution is -0.144. The molecule has 118 valence electrons. The Morgan fingerprint density at radius 2 is 1.78 bits per heavy atom. The van der Waals surface area contributed by atoms with Crippen LogP contribution in [0.5, 0.6) is 11.6 Å². The zero-order valence-corrected chi connectivity index (χ0v) is 12.6. The molecule has 0 fully saturated rings. The van der Waals surface area contributed by atoms with Crippen molar-refractivity contribution in [2.45, 2.75) is 13.1 Å². The molecule has 7 heteroatoms. The predicted octanol–water partition coefficient (Wildman–Crippen LogP) is 5.40. The third-order valence-electron chi connectivity index (χ3n) is 3.17. The van der Waals surface area contributed by atoms with Gasteiger partial charge in [0.2, 0.25) is 11.7 Å². The van der Waals surface area contributed by atoms with Crippen molar-refractivity contribution < 1.29 is 17.9 Å². The number of hydrogen-bond donors (Lipinski definition) is 0. The highest BCUT2D eigenvalue weighted by molar-refractivity contribution is 6.30. The van der Waals surface area contributed by atoms with E-state index >= 15 is 0 Å². The minimum Gasteiger partial charge on any atom is -0.438 e. The van der Waals surface area contributed by atoms with Gasteiger partial charge in [0.1, 0.15) is 5.75 Å². The summed E-state index contributed by atoms with van der Waals surface area (Å²) in [4.78, 5) is 7.09. The minimum atomic E-state index is -4.66. The van der Waals surface area contributed by atoms with E-state index in [1.807, 2.05) is 0 Å². The first-order valence-corrected chi connectivity index (χ1v) is 7.00. The minimum absolute atomic E-state index is 0.145. The molecule has 0 saturated carbocycles. The quantitative estimate of drug-likeness (QED) is 0.627. The van der Waals surface area contributed by atoms with Crippen LogP contribution in [-0.2, 0) is 6.18 Å². The average Bonchev–Trinajstić information content (AvgIpc) is 2.49. The Bertz CT molecular complexity index is 881. The summed E-state index contributed by atoms with van der Waals surface area (Å²) >= 11 is 5.87. The zero-order valence-electron chi connectivity index (χ0n) is 11.9. The highest BCUT2D eigenvalue weighted by Crippen LogP contribution is 2.34. The molecule has 3 nitrogen and oxygen atoms in total. The van der Waals surface area contributed by atoms with Crippen LogP contribution in [0.2, 0.25) is 5.02 Å². The first-order chi connectivity index (χ1) is 10.8. The summed E-state index contributed by atoms with van der Waals surface area (Å²) in [5.74, 6) is -1.00. The van der Waals surface area contributed by atoms with E-state index in [2.05, 4.69) is 9.97 Å². The van der Waals surface area contributed by atoms with Gasteiger partial charge in [-0.25, -0.2) is 4.98 Å². The molecule has 1 aromatic heterocycles. The number of aryl methyl sites for hydroxylation is 1. The van der Waals surface area contributed by atoms with Crippen LogP contribution in [0.15, 0.2) is 42.5 Å². The Morgan fingerprint density at radius 1 is 1.04 bits per heavy atom. The summed E-state index contributed by atoms with van der Waals surface area (Å²) in [7, 11) is 0. The molecular formula is C16H10ClF3N2O. The van der Waals surface area contributed by atoms with Crippen molar-refractivity contribution >= 4 is 22.5 Å². The van der Waals surface area contributed by atoms with Crippen molar-refractivity contribution in [3.05, 3.63) is 58.9 Å². The van der Waals surface area contributed by atoms with E-state index in [-0.39, 0.29) is 11.4 Å². The molecule has 0 radical (unpaired) electrons. The highest BCUT2D eigenvalue weighted by atomic mass is 35.5. The predicted molar refractivity (Wildman–Crippen MR) is 80.8 cm³/mol. The second-order valence-electron chi connectivity index (χ2n) is 4.88. The Kier molecular flexibility index (Phi) is 3.85. The molecule has 0 aliphatic rings. The van der Waals surface area contributed by atoms with Gasteiger partial charge in [-0.3, -0.25) is 0 Å². The van der Waals surface area contributed by atoms with E-state index in [0.717, 1.165) is 0 Å². The summed E-state index contributed by atoms with van der Waals surface area (Å²) in [6.45, 7) is 1.75. The number of halogens is 4. The standard InChI is InChI=1S/C16H10ClF3N2O/c1-9-8-10(17)6-7-13(9)23-14-11-4-2-3-5-12(11)21-15(22-14)16(18,19)20/h2-8H,1H3. The van der Waals surface area contributed by atoms with Crippen LogP contribution in [0.3, 0.4) is 0 Å². The molecule has 0 spiro atoms. The summed E-state index contributed by atoms with van der Waals surface area (Å²) in [5.41, 5.74) is 0.852. The number of fused-ring (bicyclic) bond motifs is 1. The number of hydrogen-bond acceptors (Lipinski definition) is 3. The van der Waals surface area contributed by atoms with Crippen LogP contribution in [0.1, 0.15) is 11.4 Å². The summed E-state index contributed by atoms with van der Waals surface area (Å²) in [6.07, 6.45) is -4.66. The maximum Gasteiger partial charge on any atom is 0.451 e. The zero-order chi connectivity index (χ0) is 16.6. The van der Waals surface area contributed by atoms with Crippen LogP contribution in [0, 0.1) is 6.92 Å². The summed E-state index contributed by atoms with van der Waals surface area (Å²) in [6, 6.07) is 11.2. The molecule has 3 rings (SSSR count). The molecule has 0 amide bonds. The third kappa shape index (κ3) is 3.22. The van der Waals surface area contributed by atoms with E-state index in [9.17, 15) is 13.2 Å². The van der Waals surface area contributed by atoms with E-state index in [1.165, 1.54) is 6.07 Å². The Balaban J connectivity index is 2.15. The van der Waals surface area contributed by atoms with Crippen LogP contribution < -0.4 is 4.74 Å². The molecule has 0 unspecified atom stereocenters. The summed E-state index contributed by atoms with van der Waals surface area (Å²) < 4.78 is 44.5. The maximum atomic E-state index is 13.0. The van der Waals surface area contributed by atoms with E-state index in [4.69, 9.17) is 16.3 Å². The molecule has 0 aliphatic heterocycles. The second-order valence-corrected chi connectivity index (χ2v) is 5.32. The third-order valence-corrected chi connectivity index (χ3v) is 3.40. The molecule has 0 aliphatic carbocycles. The lowest BCUT2D eigenvalue weighted by Gasteiger charge is -2.12. The van der Waals surface area contributed by atoms with Crippen molar-refractivity contribution in [1.82, 2.24) is 9.97 Å². The van der Waals surface area contributed by atoms with Gasteiger partial charge >= 0.3 is 6.18 Å². The molecule has 0 bridgehead atoms. The number of benzene rings is 2. The number of para-hydroxylation sites is 1. The van der Waals surface area contributed by atoms with Crippen molar-refractivity contribution in [2.24, 2.45) is 0 Å². The molecular weight excluding hydrogens is 329 g/mol. The first-order valence-electron chi connectivity index (χ1n) is 6.62. The monoisotopic (exact) mass is 338 g/mol. The number of ether oxygens (including phenoxy) is 1. The second kappa shape index (κ2) is 5.70. The normalized spacial score (nSPS) is 11.7. The Labute approximate surface area is 134 Å². The SMILES string of the molecule is Cc1cc(Cl)ccc1Oc1nc(C(F)(F)F)nc2ccccc12. The fraction of sp³-hybridized carbons (Fsp3) is 0.125. The number of rotatable bonds is 2. The molecule has 0 N–H and O–H groups in total. The highest BCUT2D eigenvalue weighted by Gasteiger charge is 2.35. The number of alkyl halides is 3. The van der Waals surface area contributed by atoms with Crippen LogP contribution in [0.4, 0.5) is 13.2 Å². The average molecular weight is 339 g/mol. The molecule has 2 aromatic carbocycles. The Morgan fingerprint density at radius 3 is 2.48 bits per heavy atom. The fourth-order valence-corrected chi connectivity index (χ4v) is 2.31. The molecule has 0 atom stereocenters. The smallest absolute Gasteiger partial charge is 0.438 e. The Hall–Kier alpha value is -2.34. The van der Waals surface area contributed by atoms with Gasteiger partial charge in [0, 0.05) is 5.02 Å². The van der Waals surface area contributed by atoms with Gasteiger partial charge in [0.05, 0.1) is 10.9 Å². The van der Waals surface area contributed by atoms with Crippen molar-refractivity contribution in [3.8, 4) is 11.6 Å². The van der Waals surface area contributed by atoms with Gasteiger partial charge in [-0.05, 0) is 42.8 Å². The fourth-order valence-electron chi connectivity index (χ4n) is 2.08. The lowest BCUT2D eigenvalue weighted by atomic mass is 10.2. The van der Waals surface area contributed by atoms with Crippen LogP contribution >= 0.6 is 11.6 Å². The van der Waals surface area contributed by atoms with E-state index < -0.39 is 12.0 Å². The van der Waals surface area contributed by atoms with Crippen LogP contribution in [0.25, 0.3) is 10.9 Å². The van der Waals surface area contributed by atoms with E-state index in [1.54, 1.807) is 43.3 Å². The molecule has 3 aromatic rings. The van der Waals surface area contributed by atoms with Gasteiger partial charge in [-0.15, -0.1) is 0 Å². The van der Waals surface area contributed by atoms with Gasteiger partial charge in [-0.2, -0.15) is 18.2 Å². The topological polar surface area (TPSA) is 35.0 Å². The first kappa shape index (κ1) is 15.6. The molecule has 23 heavy (non-hydrogen) atoms. The maximum absolute atomic E-state index is 13.0. The van der Waals surface area contributed by atoms with Crippen LogP contribution in [-0.4, -0.2) is 9.97 Å². The van der Waals surface area contributed by atoms with E-state index in [0.29, 0.717) is 21.7 Å². The number of nitrogens with zero attached hydrogens (tertiary/aromatic N) is 2. The lowest BCUT2D eigenvalue weighted by Crippen LogP contribution is -2.11. The van der Waals surface area contributed by atoms with Crippen molar-refractivity contribution in [2.75, 3.05) is 0 Å². The largest absolute Gasteiger partial charge is 0.451 e. The summed E-state index contributed by atoms with van der Waals surface area (Å²) in [5, 5.41) is 0.910. The van der Waals surface area contributed by atoms with Gasteiger partial charge in [0.15, 0.2) is 0 Å². The van der Waals surface area contributed by atoms with Gasteiger partial charge < -0.3 is 4.74 Å². The van der Waals surface area contributed by atoms with Crippen molar-refractivity contribution in [3.63, 3.8) is 0 Å². The molecule has 0 saturated heterocycles.